The maximum Gasteiger partial charge on any atom is 0.315 e. The predicted molar refractivity (Wildman–Crippen MR) is 95.7 cm³/mol. The fourth-order valence-corrected chi connectivity index (χ4v) is 2.95. The number of rotatable bonds is 7. The van der Waals surface area contributed by atoms with E-state index in [1.165, 1.54) is 0 Å². The third-order valence-corrected chi connectivity index (χ3v) is 4.25. The number of amides is 3. The van der Waals surface area contributed by atoms with E-state index in [4.69, 9.17) is 4.74 Å². The van der Waals surface area contributed by atoms with Crippen LogP contribution in [0.3, 0.4) is 0 Å². The summed E-state index contributed by atoms with van der Waals surface area (Å²) in [6, 6.07) is 9.41. The van der Waals surface area contributed by atoms with Crippen molar-refractivity contribution >= 4 is 11.9 Å². The number of urea groups is 1. The van der Waals surface area contributed by atoms with E-state index < -0.39 is 0 Å². The highest BCUT2D eigenvalue weighted by molar-refractivity contribution is 5.95. The monoisotopic (exact) mass is 357 g/mol. The Morgan fingerprint density at radius 1 is 1.27 bits per heavy atom. The van der Waals surface area contributed by atoms with Crippen LogP contribution in [0.5, 0.6) is 0 Å². The van der Waals surface area contributed by atoms with E-state index in [0.29, 0.717) is 38.2 Å². The van der Waals surface area contributed by atoms with Gasteiger partial charge in [-0.15, -0.1) is 0 Å². The minimum absolute atomic E-state index is 0.0833. The maximum absolute atomic E-state index is 12.2. The second-order valence-electron chi connectivity index (χ2n) is 6.15. The molecule has 1 aliphatic heterocycles. The molecule has 8 nitrogen and oxygen atoms in total. The molecule has 0 unspecified atom stereocenters. The Bertz CT molecular complexity index is 759. The van der Waals surface area contributed by atoms with Crippen molar-refractivity contribution in [3.05, 3.63) is 53.3 Å². The molecule has 0 fully saturated rings. The first-order chi connectivity index (χ1) is 12.7. The lowest BCUT2D eigenvalue weighted by Crippen LogP contribution is -2.42. The van der Waals surface area contributed by atoms with Crippen LogP contribution in [0.1, 0.15) is 21.6 Å². The zero-order valence-corrected chi connectivity index (χ0v) is 14.7. The highest BCUT2D eigenvalue weighted by Gasteiger charge is 2.28. The first-order valence-corrected chi connectivity index (χ1v) is 8.57. The van der Waals surface area contributed by atoms with Gasteiger partial charge in [0.2, 0.25) is 0 Å². The molecule has 26 heavy (non-hydrogen) atoms. The van der Waals surface area contributed by atoms with Crippen molar-refractivity contribution < 1.29 is 14.3 Å². The van der Waals surface area contributed by atoms with Crippen LogP contribution >= 0.6 is 0 Å². The number of fused-ring (bicyclic) bond motifs is 1. The molecule has 1 aromatic carbocycles. The minimum atomic E-state index is -0.226. The first kappa shape index (κ1) is 17.9. The maximum atomic E-state index is 12.2. The number of carbonyl (C=O) groups excluding carboxylic acids is 2. The Hall–Kier alpha value is -2.87. The van der Waals surface area contributed by atoms with Gasteiger partial charge in [0.05, 0.1) is 36.6 Å². The van der Waals surface area contributed by atoms with E-state index in [-0.39, 0.29) is 18.0 Å². The van der Waals surface area contributed by atoms with Crippen molar-refractivity contribution in [1.29, 1.82) is 0 Å². The standard InChI is InChI=1S/C18H23N5O3/c1-26-8-7-19-17(24)15-11-21-23-12-14(9-16(15)23)22-18(25)20-10-13-5-3-2-4-6-13/h2-6,11,14H,7-10,12H2,1H3,(H,19,24)(H2,20,22,25)/t14-/m0/s1. The number of nitrogens with zero attached hydrogens (tertiary/aromatic N) is 2. The predicted octanol–water partition coefficient (Wildman–Crippen LogP) is 0.683. The summed E-state index contributed by atoms with van der Waals surface area (Å²) in [6.07, 6.45) is 2.15. The molecular formula is C18H23N5O3. The van der Waals surface area contributed by atoms with Gasteiger partial charge >= 0.3 is 6.03 Å². The van der Waals surface area contributed by atoms with Gasteiger partial charge in [-0.25, -0.2) is 4.79 Å². The molecule has 0 radical (unpaired) electrons. The molecule has 0 saturated carbocycles. The molecule has 1 aliphatic rings. The third kappa shape index (κ3) is 4.40. The summed E-state index contributed by atoms with van der Waals surface area (Å²) < 4.78 is 6.70. The Kier molecular flexibility index (Phi) is 5.85. The molecule has 2 heterocycles. The summed E-state index contributed by atoms with van der Waals surface area (Å²) in [6.45, 7) is 1.93. The molecule has 1 atom stereocenters. The molecule has 8 heteroatoms. The zero-order chi connectivity index (χ0) is 18.4. The molecule has 0 aliphatic carbocycles. The summed E-state index contributed by atoms with van der Waals surface area (Å²) in [5.41, 5.74) is 2.43. The van der Waals surface area contributed by atoms with E-state index in [2.05, 4.69) is 21.0 Å². The largest absolute Gasteiger partial charge is 0.383 e. The Balaban J connectivity index is 1.49. The van der Waals surface area contributed by atoms with Crippen LogP contribution in [0, 0.1) is 0 Å². The lowest BCUT2D eigenvalue weighted by molar-refractivity contribution is 0.0936. The summed E-state index contributed by atoms with van der Waals surface area (Å²) in [5, 5.41) is 12.8. The van der Waals surface area contributed by atoms with Crippen molar-refractivity contribution in [1.82, 2.24) is 25.7 Å². The van der Waals surface area contributed by atoms with Gasteiger partial charge in [-0.05, 0) is 5.56 Å². The normalized spacial score (nSPS) is 15.3. The van der Waals surface area contributed by atoms with Crippen LogP contribution in [0.4, 0.5) is 4.79 Å². The first-order valence-electron chi connectivity index (χ1n) is 8.57. The third-order valence-electron chi connectivity index (χ3n) is 4.25. The fraction of sp³-hybridized carbons (Fsp3) is 0.389. The summed E-state index contributed by atoms with van der Waals surface area (Å²) in [5.74, 6) is -0.169. The van der Waals surface area contributed by atoms with Crippen LogP contribution in [0.15, 0.2) is 36.5 Å². The number of hydrogen-bond acceptors (Lipinski definition) is 4. The fourth-order valence-electron chi connectivity index (χ4n) is 2.95. The van der Waals surface area contributed by atoms with Crippen LogP contribution in [-0.4, -0.2) is 48.0 Å². The topological polar surface area (TPSA) is 97.3 Å². The SMILES string of the molecule is COCCNC(=O)c1cnn2c1C[C@H](NC(=O)NCc1ccccc1)C2. The molecule has 1 aromatic heterocycles. The van der Waals surface area contributed by atoms with E-state index in [0.717, 1.165) is 11.3 Å². The molecule has 0 bridgehead atoms. The highest BCUT2D eigenvalue weighted by atomic mass is 16.5. The number of hydrogen-bond donors (Lipinski definition) is 3. The van der Waals surface area contributed by atoms with Crippen LogP contribution in [-0.2, 0) is 24.2 Å². The average molecular weight is 357 g/mol. The van der Waals surface area contributed by atoms with Gasteiger partial charge in [-0.1, -0.05) is 30.3 Å². The van der Waals surface area contributed by atoms with E-state index in [1.807, 2.05) is 30.3 Å². The number of aromatic nitrogens is 2. The molecule has 3 N–H and O–H groups in total. The van der Waals surface area contributed by atoms with Crippen molar-refractivity contribution in [3.63, 3.8) is 0 Å². The van der Waals surface area contributed by atoms with Gasteiger partial charge in [0.15, 0.2) is 0 Å². The van der Waals surface area contributed by atoms with E-state index in [1.54, 1.807) is 18.0 Å². The van der Waals surface area contributed by atoms with Crippen molar-refractivity contribution in [2.24, 2.45) is 0 Å². The Labute approximate surface area is 151 Å². The molecule has 0 spiro atoms. The van der Waals surface area contributed by atoms with Crippen LogP contribution < -0.4 is 16.0 Å². The van der Waals surface area contributed by atoms with E-state index in [9.17, 15) is 9.59 Å². The van der Waals surface area contributed by atoms with Crippen LogP contribution in [0.25, 0.3) is 0 Å². The van der Waals surface area contributed by atoms with Gasteiger partial charge in [0.1, 0.15) is 0 Å². The van der Waals surface area contributed by atoms with Crippen molar-refractivity contribution in [2.45, 2.75) is 25.6 Å². The summed E-state index contributed by atoms with van der Waals surface area (Å²) in [4.78, 5) is 24.3. The molecule has 3 rings (SSSR count). The second kappa shape index (κ2) is 8.48. The molecular weight excluding hydrogens is 334 g/mol. The number of benzene rings is 1. The number of nitrogens with one attached hydrogen (secondary N) is 3. The summed E-state index contributed by atoms with van der Waals surface area (Å²) >= 11 is 0. The van der Waals surface area contributed by atoms with Crippen molar-refractivity contribution in [3.8, 4) is 0 Å². The highest BCUT2D eigenvalue weighted by Crippen LogP contribution is 2.18. The van der Waals surface area contributed by atoms with Crippen molar-refractivity contribution in [2.75, 3.05) is 20.3 Å². The van der Waals surface area contributed by atoms with Crippen LogP contribution in [0.2, 0.25) is 0 Å². The molecule has 138 valence electrons. The van der Waals surface area contributed by atoms with Gasteiger partial charge in [0, 0.05) is 26.6 Å². The van der Waals surface area contributed by atoms with Gasteiger partial charge < -0.3 is 20.7 Å². The van der Waals surface area contributed by atoms with Gasteiger partial charge in [-0.2, -0.15) is 5.10 Å². The minimum Gasteiger partial charge on any atom is -0.383 e. The Morgan fingerprint density at radius 2 is 2.08 bits per heavy atom. The Morgan fingerprint density at radius 3 is 2.85 bits per heavy atom. The average Bonchev–Trinajstić information content (AvgIpc) is 3.21. The zero-order valence-electron chi connectivity index (χ0n) is 14.7. The lowest BCUT2D eigenvalue weighted by Gasteiger charge is -2.13. The van der Waals surface area contributed by atoms with E-state index >= 15 is 0 Å². The van der Waals surface area contributed by atoms with Gasteiger partial charge in [0.25, 0.3) is 5.91 Å². The number of methoxy groups -OCH3 is 1. The number of ether oxygens (including phenoxy) is 1. The number of carbonyl (C=O) groups is 2. The smallest absolute Gasteiger partial charge is 0.315 e. The molecule has 3 amide bonds. The quantitative estimate of drug-likeness (QED) is 0.635. The molecule has 2 aromatic rings. The van der Waals surface area contributed by atoms with Gasteiger partial charge in [-0.3, -0.25) is 9.48 Å². The lowest BCUT2D eigenvalue weighted by atomic mass is 10.1. The second-order valence-corrected chi connectivity index (χ2v) is 6.15. The molecule has 0 saturated heterocycles. The summed E-state index contributed by atoms with van der Waals surface area (Å²) in [7, 11) is 1.59.